The van der Waals surface area contributed by atoms with Gasteiger partial charge in [-0.1, -0.05) is 6.08 Å². The van der Waals surface area contributed by atoms with Crippen molar-refractivity contribution in [2.45, 2.75) is 12.6 Å². The van der Waals surface area contributed by atoms with Crippen LogP contribution in [-0.2, 0) is 0 Å². The molecule has 1 aliphatic heterocycles. The Morgan fingerprint density at radius 1 is 1.38 bits per heavy atom. The van der Waals surface area contributed by atoms with E-state index in [-0.39, 0.29) is 30.8 Å². The van der Waals surface area contributed by atoms with Crippen molar-refractivity contribution in [1.82, 2.24) is 4.90 Å². The smallest absolute Gasteiger partial charge is 0.412 e. The number of hydrogen-bond donors (Lipinski definition) is 1. The Morgan fingerprint density at radius 2 is 2.10 bits per heavy atom. The van der Waals surface area contributed by atoms with Gasteiger partial charge in [-0.2, -0.15) is 13.2 Å². The van der Waals surface area contributed by atoms with Gasteiger partial charge in [-0.05, 0) is 24.6 Å². The zero-order valence-electron chi connectivity index (χ0n) is 11.4. The molecule has 1 heterocycles. The molecule has 114 valence electrons. The van der Waals surface area contributed by atoms with Crippen LogP contribution in [0.3, 0.4) is 0 Å². The first kappa shape index (κ1) is 15.2. The minimum absolute atomic E-state index is 0.0147. The minimum Gasteiger partial charge on any atom is -0.497 e. The van der Waals surface area contributed by atoms with E-state index in [2.05, 4.69) is 0 Å². The van der Waals surface area contributed by atoms with Crippen molar-refractivity contribution < 1.29 is 22.7 Å². The number of carbonyl (C=O) groups is 1. The summed E-state index contributed by atoms with van der Waals surface area (Å²) < 4.78 is 42.7. The molecular weight excluding hydrogens is 285 g/mol. The number of carbonyl (C=O) groups excluding carboxylic acids is 1. The lowest BCUT2D eigenvalue weighted by molar-refractivity contribution is -0.0957. The summed E-state index contributed by atoms with van der Waals surface area (Å²) in [5, 5.41) is 0. The fourth-order valence-corrected chi connectivity index (χ4v) is 2.13. The zero-order valence-corrected chi connectivity index (χ0v) is 11.4. The molecule has 0 atom stereocenters. The molecule has 1 aliphatic rings. The van der Waals surface area contributed by atoms with Crippen LogP contribution in [0.1, 0.15) is 16.8 Å². The molecule has 2 rings (SSSR count). The number of ether oxygens (including phenoxy) is 1. The number of benzene rings is 1. The standard InChI is InChI=1S/C14H15F3N2O2/c1-21-10-2-3-12(18)11(8-10)13(20)19-6-4-9(5-7-19)14(15,16)17/h2-4,8H,5-7,18H2,1H3. The average molecular weight is 300 g/mol. The molecule has 0 spiro atoms. The summed E-state index contributed by atoms with van der Waals surface area (Å²) in [6.45, 7) is -0.0643. The highest BCUT2D eigenvalue weighted by Crippen LogP contribution is 2.31. The van der Waals surface area contributed by atoms with Gasteiger partial charge < -0.3 is 15.4 Å². The van der Waals surface area contributed by atoms with Crippen LogP contribution in [0.25, 0.3) is 0 Å². The number of methoxy groups -OCH3 is 1. The molecule has 0 saturated carbocycles. The number of alkyl halides is 3. The first-order valence-corrected chi connectivity index (χ1v) is 6.32. The molecule has 0 radical (unpaired) electrons. The summed E-state index contributed by atoms with van der Waals surface area (Å²) in [5.74, 6) is 0.0694. The van der Waals surface area contributed by atoms with E-state index >= 15 is 0 Å². The van der Waals surface area contributed by atoms with Crippen molar-refractivity contribution in [3.63, 3.8) is 0 Å². The maximum atomic E-state index is 12.5. The largest absolute Gasteiger partial charge is 0.497 e. The van der Waals surface area contributed by atoms with Gasteiger partial charge in [0.05, 0.1) is 12.7 Å². The Kier molecular flexibility index (Phi) is 4.11. The molecule has 1 aromatic rings. The first-order valence-electron chi connectivity index (χ1n) is 6.32. The van der Waals surface area contributed by atoms with E-state index in [1.807, 2.05) is 0 Å². The number of rotatable bonds is 2. The van der Waals surface area contributed by atoms with Gasteiger partial charge in [0.15, 0.2) is 0 Å². The second-order valence-electron chi connectivity index (χ2n) is 4.68. The van der Waals surface area contributed by atoms with Gasteiger partial charge in [-0.3, -0.25) is 4.79 Å². The van der Waals surface area contributed by atoms with E-state index in [0.29, 0.717) is 5.75 Å². The molecule has 4 nitrogen and oxygen atoms in total. The Hall–Kier alpha value is -2.18. The topological polar surface area (TPSA) is 55.6 Å². The van der Waals surface area contributed by atoms with Crippen LogP contribution in [0.4, 0.5) is 18.9 Å². The van der Waals surface area contributed by atoms with Crippen molar-refractivity contribution in [2.24, 2.45) is 0 Å². The van der Waals surface area contributed by atoms with Crippen molar-refractivity contribution in [2.75, 3.05) is 25.9 Å². The van der Waals surface area contributed by atoms with E-state index in [4.69, 9.17) is 10.5 Å². The van der Waals surface area contributed by atoms with Crippen molar-refractivity contribution in [3.8, 4) is 5.75 Å². The van der Waals surface area contributed by atoms with Crippen LogP contribution < -0.4 is 10.5 Å². The normalized spacial score (nSPS) is 15.6. The molecule has 1 amide bonds. The van der Waals surface area contributed by atoms with E-state index in [9.17, 15) is 18.0 Å². The van der Waals surface area contributed by atoms with Crippen molar-refractivity contribution >= 4 is 11.6 Å². The highest BCUT2D eigenvalue weighted by atomic mass is 19.4. The summed E-state index contributed by atoms with van der Waals surface area (Å²) in [4.78, 5) is 13.7. The van der Waals surface area contributed by atoms with E-state index < -0.39 is 17.7 Å². The molecule has 0 aromatic heterocycles. The SMILES string of the molecule is COc1ccc(N)c(C(=O)N2CC=C(C(F)(F)F)CC2)c1. The fraction of sp³-hybridized carbons (Fsp3) is 0.357. The molecule has 21 heavy (non-hydrogen) atoms. The van der Waals surface area contributed by atoms with Gasteiger partial charge in [0.2, 0.25) is 0 Å². The summed E-state index contributed by atoms with van der Waals surface area (Å²) in [6, 6.07) is 4.64. The fourth-order valence-electron chi connectivity index (χ4n) is 2.13. The molecule has 0 saturated heterocycles. The lowest BCUT2D eigenvalue weighted by Crippen LogP contribution is -2.37. The summed E-state index contributed by atoms with van der Waals surface area (Å²) in [6.07, 6.45) is -3.50. The first-order chi connectivity index (χ1) is 9.82. The maximum Gasteiger partial charge on any atom is 0.412 e. The van der Waals surface area contributed by atoms with Crippen LogP contribution in [-0.4, -0.2) is 37.2 Å². The maximum absolute atomic E-state index is 12.5. The van der Waals surface area contributed by atoms with E-state index in [1.54, 1.807) is 6.07 Å². The van der Waals surface area contributed by atoms with Gasteiger partial charge in [0.1, 0.15) is 5.75 Å². The van der Waals surface area contributed by atoms with Crippen LogP contribution >= 0.6 is 0 Å². The van der Waals surface area contributed by atoms with Gasteiger partial charge in [0.25, 0.3) is 5.91 Å². The second kappa shape index (κ2) is 5.67. The number of nitrogens with zero attached hydrogens (tertiary/aromatic N) is 1. The van der Waals surface area contributed by atoms with Gasteiger partial charge >= 0.3 is 6.18 Å². The molecular formula is C14H15F3N2O2. The monoisotopic (exact) mass is 300 g/mol. The third kappa shape index (κ3) is 3.29. The molecule has 0 unspecified atom stereocenters. The molecule has 0 aliphatic carbocycles. The number of halogens is 3. The summed E-state index contributed by atoms with van der Waals surface area (Å²) in [5.41, 5.74) is 5.66. The molecule has 7 heteroatoms. The van der Waals surface area contributed by atoms with Crippen LogP contribution in [0.2, 0.25) is 0 Å². The highest BCUT2D eigenvalue weighted by molar-refractivity contribution is 5.99. The molecule has 1 aromatic carbocycles. The Bertz CT molecular complexity index is 582. The molecule has 0 fully saturated rings. The second-order valence-corrected chi connectivity index (χ2v) is 4.68. The Balaban J connectivity index is 2.18. The van der Waals surface area contributed by atoms with Crippen LogP contribution in [0.15, 0.2) is 29.8 Å². The Morgan fingerprint density at radius 3 is 2.62 bits per heavy atom. The highest BCUT2D eigenvalue weighted by Gasteiger charge is 2.35. The van der Waals surface area contributed by atoms with Crippen molar-refractivity contribution in [1.29, 1.82) is 0 Å². The van der Waals surface area contributed by atoms with E-state index in [0.717, 1.165) is 6.08 Å². The van der Waals surface area contributed by atoms with Gasteiger partial charge in [-0.25, -0.2) is 0 Å². The van der Waals surface area contributed by atoms with Crippen LogP contribution in [0, 0.1) is 0 Å². The average Bonchev–Trinajstić information content (AvgIpc) is 2.46. The Labute approximate surface area is 120 Å². The predicted molar refractivity (Wildman–Crippen MR) is 72.1 cm³/mol. The van der Waals surface area contributed by atoms with Crippen molar-refractivity contribution in [3.05, 3.63) is 35.4 Å². The van der Waals surface area contributed by atoms with Crippen LogP contribution in [0.5, 0.6) is 5.75 Å². The number of hydrogen-bond acceptors (Lipinski definition) is 3. The number of nitrogens with two attached hydrogens (primary N) is 1. The third-order valence-corrected chi connectivity index (χ3v) is 3.35. The lowest BCUT2D eigenvalue weighted by atomic mass is 10.1. The zero-order chi connectivity index (χ0) is 15.6. The summed E-state index contributed by atoms with van der Waals surface area (Å²) >= 11 is 0. The minimum atomic E-state index is -4.33. The van der Waals surface area contributed by atoms with Gasteiger partial charge in [-0.15, -0.1) is 0 Å². The number of anilines is 1. The quantitative estimate of drug-likeness (QED) is 0.675. The number of amides is 1. The summed E-state index contributed by atoms with van der Waals surface area (Å²) in [7, 11) is 1.46. The van der Waals surface area contributed by atoms with Gasteiger partial charge in [0, 0.05) is 24.4 Å². The van der Waals surface area contributed by atoms with E-state index in [1.165, 1.54) is 24.1 Å². The number of nitrogen functional groups attached to an aromatic ring is 1. The molecule has 0 bridgehead atoms. The molecule has 2 N–H and O–H groups in total. The third-order valence-electron chi connectivity index (χ3n) is 3.35. The predicted octanol–water partition coefficient (Wildman–Crippen LogP) is 2.61. The lowest BCUT2D eigenvalue weighted by Gasteiger charge is -2.27.